The number of hydrogen-bond donors (Lipinski definition) is 1. The lowest BCUT2D eigenvalue weighted by Gasteiger charge is -2.15. The molecule has 3 nitrogen and oxygen atoms in total. The van der Waals surface area contributed by atoms with Gasteiger partial charge in [0.2, 0.25) is 11.6 Å². The summed E-state index contributed by atoms with van der Waals surface area (Å²) >= 11 is 0. The fourth-order valence-electron chi connectivity index (χ4n) is 3.44. The Morgan fingerprint density at radius 3 is 2.21 bits per heavy atom. The highest BCUT2D eigenvalue weighted by atomic mass is 19.2. The average Bonchev–Trinajstić information content (AvgIpc) is 3.21. The monoisotopic (exact) mass is 394 g/mol. The van der Waals surface area contributed by atoms with Crippen LogP contribution in [-0.2, 0) is 0 Å². The lowest BCUT2D eigenvalue weighted by molar-refractivity contribution is 0.239. The second kappa shape index (κ2) is 9.22. The molecule has 1 saturated carbocycles. The summed E-state index contributed by atoms with van der Waals surface area (Å²) in [7, 11) is 0. The first-order chi connectivity index (χ1) is 13.5. The highest BCUT2D eigenvalue weighted by Crippen LogP contribution is 2.39. The molecule has 6 heteroatoms. The van der Waals surface area contributed by atoms with Gasteiger partial charge in [0.05, 0.1) is 13.2 Å². The van der Waals surface area contributed by atoms with Crippen molar-refractivity contribution in [2.75, 3.05) is 13.2 Å². The molecule has 0 aromatic heterocycles. The summed E-state index contributed by atoms with van der Waals surface area (Å²) in [6.07, 6.45) is 5.96. The maximum Gasteiger partial charge on any atom is 0.207 e. The maximum absolute atomic E-state index is 14.5. The van der Waals surface area contributed by atoms with Gasteiger partial charge in [-0.1, -0.05) is 26.2 Å². The van der Waals surface area contributed by atoms with Crippen LogP contribution >= 0.6 is 0 Å². The Morgan fingerprint density at radius 2 is 1.54 bits per heavy atom. The van der Waals surface area contributed by atoms with E-state index in [1.54, 1.807) is 0 Å². The van der Waals surface area contributed by atoms with Crippen molar-refractivity contribution in [2.45, 2.75) is 45.4 Å². The Labute approximate surface area is 163 Å². The zero-order valence-corrected chi connectivity index (χ0v) is 15.9. The van der Waals surface area contributed by atoms with Crippen LogP contribution in [0.25, 0.3) is 11.1 Å². The number of ether oxygens (including phenoxy) is 2. The molecule has 0 radical (unpaired) electrons. The van der Waals surface area contributed by atoms with E-state index in [1.165, 1.54) is 24.3 Å². The van der Waals surface area contributed by atoms with Gasteiger partial charge < -0.3 is 14.6 Å². The molecular formula is C22H25F3O3. The Balaban J connectivity index is 1.81. The summed E-state index contributed by atoms with van der Waals surface area (Å²) < 4.78 is 54.0. The molecule has 0 heterocycles. The van der Waals surface area contributed by atoms with Crippen molar-refractivity contribution in [1.29, 1.82) is 0 Å². The number of phenolic OH excluding ortho intramolecular Hbond substituents is 1. The van der Waals surface area contributed by atoms with Crippen LogP contribution in [0.4, 0.5) is 13.2 Å². The number of benzene rings is 2. The lowest BCUT2D eigenvalue weighted by Crippen LogP contribution is -2.09. The predicted molar refractivity (Wildman–Crippen MR) is 101 cm³/mol. The van der Waals surface area contributed by atoms with Crippen LogP contribution in [-0.4, -0.2) is 18.3 Å². The van der Waals surface area contributed by atoms with Crippen LogP contribution in [0.5, 0.6) is 17.2 Å². The summed E-state index contributed by atoms with van der Waals surface area (Å²) in [6, 6.07) is 5.22. The minimum absolute atomic E-state index is 0.0893. The molecule has 3 rings (SSSR count). The molecule has 1 aliphatic carbocycles. The molecule has 1 N–H and O–H groups in total. The third-order valence-corrected chi connectivity index (χ3v) is 5.12. The molecule has 28 heavy (non-hydrogen) atoms. The van der Waals surface area contributed by atoms with Crippen LogP contribution in [0.1, 0.15) is 45.4 Å². The van der Waals surface area contributed by atoms with E-state index in [2.05, 4.69) is 0 Å². The van der Waals surface area contributed by atoms with Crippen molar-refractivity contribution in [3.8, 4) is 28.4 Å². The standard InChI is InChI=1S/C22H25F3O3/c1-2-3-12-27-17-10-8-15(19(23)20(17)24)16-9-11-18(21(25)22(16)26)28-13-14-6-4-5-7-14/h8-11,14,26H,2-7,12-13H2,1H3. The van der Waals surface area contributed by atoms with Gasteiger partial charge in [-0.2, -0.15) is 8.78 Å². The van der Waals surface area contributed by atoms with Gasteiger partial charge in [0, 0.05) is 11.1 Å². The Bertz CT molecular complexity index is 817. The fourth-order valence-corrected chi connectivity index (χ4v) is 3.44. The van der Waals surface area contributed by atoms with Crippen molar-refractivity contribution < 1.29 is 27.8 Å². The minimum Gasteiger partial charge on any atom is -0.504 e. The van der Waals surface area contributed by atoms with Crippen molar-refractivity contribution >= 4 is 0 Å². The van der Waals surface area contributed by atoms with Gasteiger partial charge in [-0.25, -0.2) is 4.39 Å². The molecular weight excluding hydrogens is 369 g/mol. The summed E-state index contributed by atoms with van der Waals surface area (Å²) in [5.74, 6) is -3.99. The summed E-state index contributed by atoms with van der Waals surface area (Å²) in [4.78, 5) is 0. The zero-order chi connectivity index (χ0) is 20.1. The van der Waals surface area contributed by atoms with Gasteiger partial charge in [0.1, 0.15) is 0 Å². The first kappa shape index (κ1) is 20.4. The number of aromatic hydroxyl groups is 1. The van der Waals surface area contributed by atoms with Crippen LogP contribution in [0.2, 0.25) is 0 Å². The smallest absolute Gasteiger partial charge is 0.207 e. The molecule has 0 aliphatic heterocycles. The predicted octanol–water partition coefficient (Wildman–Crippen LogP) is 6.22. The zero-order valence-electron chi connectivity index (χ0n) is 15.9. The van der Waals surface area contributed by atoms with E-state index in [0.717, 1.165) is 38.5 Å². The number of phenols is 1. The minimum atomic E-state index is -1.19. The molecule has 0 atom stereocenters. The van der Waals surface area contributed by atoms with Crippen molar-refractivity contribution in [1.82, 2.24) is 0 Å². The van der Waals surface area contributed by atoms with Crippen LogP contribution in [0.15, 0.2) is 24.3 Å². The quantitative estimate of drug-likeness (QED) is 0.540. The molecule has 0 spiro atoms. The molecule has 1 fully saturated rings. The van der Waals surface area contributed by atoms with Crippen molar-refractivity contribution in [2.24, 2.45) is 5.92 Å². The second-order valence-electron chi connectivity index (χ2n) is 7.18. The topological polar surface area (TPSA) is 38.7 Å². The average molecular weight is 394 g/mol. The van der Waals surface area contributed by atoms with Gasteiger partial charge in [-0.05, 0) is 49.4 Å². The van der Waals surface area contributed by atoms with E-state index in [1.807, 2.05) is 6.92 Å². The SMILES string of the molecule is CCCCOc1ccc(-c2ccc(OCC3CCCC3)c(F)c2O)c(F)c1F. The molecule has 0 unspecified atom stereocenters. The molecule has 152 valence electrons. The van der Waals surface area contributed by atoms with Crippen LogP contribution in [0.3, 0.4) is 0 Å². The Morgan fingerprint density at radius 1 is 0.893 bits per heavy atom. The third kappa shape index (κ3) is 4.37. The molecule has 0 amide bonds. The van der Waals surface area contributed by atoms with Crippen molar-refractivity contribution in [3.05, 3.63) is 41.7 Å². The second-order valence-corrected chi connectivity index (χ2v) is 7.18. The van der Waals surface area contributed by atoms with E-state index in [4.69, 9.17) is 9.47 Å². The van der Waals surface area contributed by atoms with E-state index >= 15 is 0 Å². The molecule has 1 aliphatic rings. The molecule has 0 bridgehead atoms. The third-order valence-electron chi connectivity index (χ3n) is 5.12. The highest BCUT2D eigenvalue weighted by molar-refractivity contribution is 5.72. The largest absolute Gasteiger partial charge is 0.504 e. The normalized spacial score (nSPS) is 14.4. The van der Waals surface area contributed by atoms with Crippen LogP contribution < -0.4 is 9.47 Å². The van der Waals surface area contributed by atoms with E-state index in [-0.39, 0.29) is 29.2 Å². The van der Waals surface area contributed by atoms with Crippen LogP contribution in [0, 0.1) is 23.4 Å². The Hall–Kier alpha value is -2.37. The molecule has 2 aromatic carbocycles. The van der Waals surface area contributed by atoms with Crippen molar-refractivity contribution in [3.63, 3.8) is 0 Å². The highest BCUT2D eigenvalue weighted by Gasteiger charge is 2.22. The molecule has 2 aromatic rings. The number of rotatable bonds is 8. The number of hydrogen-bond acceptors (Lipinski definition) is 3. The van der Waals surface area contributed by atoms with Gasteiger partial charge in [-0.15, -0.1) is 0 Å². The van der Waals surface area contributed by atoms with Gasteiger partial charge in [-0.3, -0.25) is 0 Å². The summed E-state index contributed by atoms with van der Waals surface area (Å²) in [5.41, 5.74) is -0.374. The van der Waals surface area contributed by atoms with Gasteiger partial charge in [0.25, 0.3) is 0 Å². The Kier molecular flexibility index (Phi) is 6.70. The van der Waals surface area contributed by atoms with E-state index < -0.39 is 23.2 Å². The maximum atomic E-state index is 14.5. The van der Waals surface area contributed by atoms with E-state index in [0.29, 0.717) is 12.5 Å². The molecule has 0 saturated heterocycles. The van der Waals surface area contributed by atoms with Gasteiger partial charge >= 0.3 is 0 Å². The first-order valence-corrected chi connectivity index (χ1v) is 9.78. The first-order valence-electron chi connectivity index (χ1n) is 9.78. The number of unbranched alkanes of at least 4 members (excludes halogenated alkanes) is 1. The fraction of sp³-hybridized carbons (Fsp3) is 0.455. The van der Waals surface area contributed by atoms with E-state index in [9.17, 15) is 18.3 Å². The summed E-state index contributed by atoms with van der Waals surface area (Å²) in [5, 5.41) is 10.2. The lowest BCUT2D eigenvalue weighted by atomic mass is 10.0. The number of halogens is 3. The van der Waals surface area contributed by atoms with Gasteiger partial charge in [0.15, 0.2) is 23.1 Å². The summed E-state index contributed by atoms with van der Waals surface area (Å²) in [6.45, 7) is 2.61.